The zero-order valence-corrected chi connectivity index (χ0v) is 12.8. The molecule has 0 fully saturated rings. The van der Waals surface area contributed by atoms with Crippen LogP contribution in [0.4, 0.5) is 10.1 Å². The van der Waals surface area contributed by atoms with Gasteiger partial charge < -0.3 is 10.2 Å². The highest BCUT2D eigenvalue weighted by Gasteiger charge is 2.23. The molecule has 1 N–H and O–H groups in total. The summed E-state index contributed by atoms with van der Waals surface area (Å²) < 4.78 is 13.3. The van der Waals surface area contributed by atoms with Crippen LogP contribution in [0.3, 0.4) is 0 Å². The van der Waals surface area contributed by atoms with E-state index in [0.29, 0.717) is 6.04 Å². The molecule has 0 aliphatic heterocycles. The average molecular weight is 266 g/mol. The Bertz CT molecular complexity index is 385. The van der Waals surface area contributed by atoms with Gasteiger partial charge in [-0.2, -0.15) is 0 Å². The fourth-order valence-corrected chi connectivity index (χ4v) is 2.44. The fraction of sp³-hybridized carbons (Fsp3) is 0.625. The molecular weight excluding hydrogens is 239 g/mol. The number of halogens is 1. The van der Waals surface area contributed by atoms with Gasteiger partial charge in [0.05, 0.1) is 0 Å². The molecule has 19 heavy (non-hydrogen) atoms. The molecule has 1 atom stereocenters. The molecule has 0 amide bonds. The zero-order valence-electron chi connectivity index (χ0n) is 12.8. The van der Waals surface area contributed by atoms with Crippen molar-refractivity contribution >= 4 is 5.69 Å². The molecule has 3 heteroatoms. The predicted octanol–water partition coefficient (Wildman–Crippen LogP) is 3.68. The van der Waals surface area contributed by atoms with Gasteiger partial charge in [0.1, 0.15) is 5.82 Å². The smallest absolute Gasteiger partial charge is 0.125 e. The van der Waals surface area contributed by atoms with Crippen LogP contribution in [0.5, 0.6) is 0 Å². The standard InChI is InChI=1S/C16H27FN2/c1-6-19(14-9-7-8-13(17)12-14)11-10-15(18-5)16(2,3)4/h7-9,12,15,18H,6,10-11H2,1-5H3. The van der Waals surface area contributed by atoms with Crippen LogP contribution >= 0.6 is 0 Å². The van der Waals surface area contributed by atoms with E-state index in [0.717, 1.165) is 25.2 Å². The van der Waals surface area contributed by atoms with Crippen LogP contribution in [0.2, 0.25) is 0 Å². The van der Waals surface area contributed by atoms with E-state index in [1.807, 2.05) is 13.1 Å². The molecule has 1 rings (SSSR count). The van der Waals surface area contributed by atoms with Gasteiger partial charge in [0.2, 0.25) is 0 Å². The highest BCUT2D eigenvalue weighted by Crippen LogP contribution is 2.23. The first-order valence-corrected chi connectivity index (χ1v) is 7.06. The normalized spacial score (nSPS) is 13.4. The van der Waals surface area contributed by atoms with Gasteiger partial charge >= 0.3 is 0 Å². The lowest BCUT2D eigenvalue weighted by Gasteiger charge is -2.33. The highest BCUT2D eigenvalue weighted by molar-refractivity contribution is 5.46. The zero-order chi connectivity index (χ0) is 14.5. The number of nitrogens with one attached hydrogen (secondary N) is 1. The van der Waals surface area contributed by atoms with Gasteiger partial charge in [-0.15, -0.1) is 0 Å². The SMILES string of the molecule is CCN(CCC(NC)C(C)(C)C)c1cccc(F)c1. The third kappa shape index (κ3) is 4.83. The Morgan fingerprint density at radius 1 is 1.32 bits per heavy atom. The minimum Gasteiger partial charge on any atom is -0.372 e. The van der Waals surface area contributed by atoms with Gasteiger partial charge in [-0.25, -0.2) is 4.39 Å². The Kier molecular flexibility index (Phi) is 5.80. The summed E-state index contributed by atoms with van der Waals surface area (Å²) in [5, 5.41) is 3.38. The van der Waals surface area contributed by atoms with Crippen LogP contribution in [0.1, 0.15) is 34.1 Å². The van der Waals surface area contributed by atoms with E-state index in [1.54, 1.807) is 12.1 Å². The van der Waals surface area contributed by atoms with Crippen molar-refractivity contribution in [2.24, 2.45) is 5.41 Å². The maximum atomic E-state index is 13.3. The van der Waals surface area contributed by atoms with Crippen molar-refractivity contribution in [2.75, 3.05) is 25.0 Å². The lowest BCUT2D eigenvalue weighted by molar-refractivity contribution is 0.269. The third-order valence-electron chi connectivity index (χ3n) is 3.64. The molecule has 1 unspecified atom stereocenters. The fourth-order valence-electron chi connectivity index (χ4n) is 2.44. The van der Waals surface area contributed by atoms with Crippen molar-refractivity contribution in [3.8, 4) is 0 Å². The number of anilines is 1. The van der Waals surface area contributed by atoms with Crippen LogP contribution in [0.25, 0.3) is 0 Å². The molecule has 1 aromatic rings. The van der Waals surface area contributed by atoms with Gasteiger partial charge in [-0.1, -0.05) is 26.8 Å². The number of rotatable bonds is 6. The Hall–Kier alpha value is -1.09. The summed E-state index contributed by atoms with van der Waals surface area (Å²) in [5.41, 5.74) is 1.20. The lowest BCUT2D eigenvalue weighted by Crippen LogP contribution is -2.41. The Morgan fingerprint density at radius 3 is 2.47 bits per heavy atom. The predicted molar refractivity (Wildman–Crippen MR) is 81.2 cm³/mol. The summed E-state index contributed by atoms with van der Waals surface area (Å²) in [6.45, 7) is 10.7. The summed E-state index contributed by atoms with van der Waals surface area (Å²) in [4.78, 5) is 2.22. The third-order valence-corrected chi connectivity index (χ3v) is 3.64. The van der Waals surface area contributed by atoms with Crippen molar-refractivity contribution in [1.82, 2.24) is 5.32 Å². The van der Waals surface area contributed by atoms with Crippen molar-refractivity contribution in [1.29, 1.82) is 0 Å². The summed E-state index contributed by atoms with van der Waals surface area (Å²) in [6, 6.07) is 7.29. The number of benzene rings is 1. The molecule has 108 valence electrons. The summed E-state index contributed by atoms with van der Waals surface area (Å²) in [5.74, 6) is -0.170. The maximum absolute atomic E-state index is 13.3. The van der Waals surface area contributed by atoms with E-state index in [2.05, 4.69) is 37.9 Å². The van der Waals surface area contributed by atoms with Crippen molar-refractivity contribution < 1.29 is 4.39 Å². The first kappa shape index (κ1) is 16.0. The minimum absolute atomic E-state index is 0.170. The summed E-state index contributed by atoms with van der Waals surface area (Å²) in [7, 11) is 2.01. The van der Waals surface area contributed by atoms with Gasteiger partial charge in [0.15, 0.2) is 0 Å². The largest absolute Gasteiger partial charge is 0.372 e. The van der Waals surface area contributed by atoms with Crippen LogP contribution in [-0.2, 0) is 0 Å². The molecule has 0 aliphatic rings. The van der Waals surface area contributed by atoms with Crippen molar-refractivity contribution in [3.05, 3.63) is 30.1 Å². The van der Waals surface area contributed by atoms with Crippen LogP contribution in [0, 0.1) is 11.2 Å². The summed E-state index contributed by atoms with van der Waals surface area (Å²) in [6.07, 6.45) is 1.05. The van der Waals surface area contributed by atoms with E-state index in [1.165, 1.54) is 6.07 Å². The monoisotopic (exact) mass is 266 g/mol. The van der Waals surface area contributed by atoms with Crippen LogP contribution in [-0.4, -0.2) is 26.2 Å². The average Bonchev–Trinajstić information content (AvgIpc) is 2.33. The van der Waals surface area contributed by atoms with E-state index >= 15 is 0 Å². The molecule has 0 radical (unpaired) electrons. The first-order valence-electron chi connectivity index (χ1n) is 7.06. The number of nitrogens with zero attached hydrogens (tertiary/aromatic N) is 1. The Balaban J connectivity index is 2.68. The minimum atomic E-state index is -0.170. The molecule has 0 saturated carbocycles. The second-order valence-corrected chi connectivity index (χ2v) is 6.06. The number of hydrogen-bond acceptors (Lipinski definition) is 2. The number of hydrogen-bond donors (Lipinski definition) is 1. The molecule has 2 nitrogen and oxygen atoms in total. The van der Waals surface area contributed by atoms with Crippen LogP contribution < -0.4 is 10.2 Å². The molecule has 0 heterocycles. The van der Waals surface area contributed by atoms with Gasteiger partial charge in [0, 0.05) is 24.8 Å². The van der Waals surface area contributed by atoms with Crippen molar-refractivity contribution in [2.45, 2.75) is 40.2 Å². The van der Waals surface area contributed by atoms with E-state index < -0.39 is 0 Å². The second-order valence-electron chi connectivity index (χ2n) is 6.06. The Labute approximate surface area is 117 Å². The molecule has 1 aromatic carbocycles. The summed E-state index contributed by atoms with van der Waals surface area (Å²) >= 11 is 0. The van der Waals surface area contributed by atoms with E-state index in [-0.39, 0.29) is 11.2 Å². The highest BCUT2D eigenvalue weighted by atomic mass is 19.1. The Morgan fingerprint density at radius 2 is 2.00 bits per heavy atom. The quantitative estimate of drug-likeness (QED) is 0.845. The molecule has 0 aromatic heterocycles. The lowest BCUT2D eigenvalue weighted by atomic mass is 9.85. The van der Waals surface area contributed by atoms with Gasteiger partial charge in [0.25, 0.3) is 0 Å². The molecule has 0 spiro atoms. The van der Waals surface area contributed by atoms with Gasteiger partial charge in [-0.3, -0.25) is 0 Å². The molecule has 0 aliphatic carbocycles. The van der Waals surface area contributed by atoms with Crippen LogP contribution in [0.15, 0.2) is 24.3 Å². The van der Waals surface area contributed by atoms with Gasteiger partial charge in [-0.05, 0) is 44.0 Å². The van der Waals surface area contributed by atoms with E-state index in [4.69, 9.17) is 0 Å². The second kappa shape index (κ2) is 6.90. The van der Waals surface area contributed by atoms with E-state index in [9.17, 15) is 4.39 Å². The molecular formula is C16H27FN2. The molecule has 0 bridgehead atoms. The first-order chi connectivity index (χ1) is 8.88. The maximum Gasteiger partial charge on any atom is 0.125 e. The van der Waals surface area contributed by atoms with Crippen molar-refractivity contribution in [3.63, 3.8) is 0 Å². The molecule has 0 saturated heterocycles. The topological polar surface area (TPSA) is 15.3 Å².